The Morgan fingerprint density at radius 2 is 2.06 bits per heavy atom. The largest absolute Gasteiger partial charge is 0.295 e. The smallest absolute Gasteiger partial charge is 0.229 e. The number of nitrogens with one attached hydrogen (secondary N) is 1. The third-order valence-electron chi connectivity index (χ3n) is 2.49. The van der Waals surface area contributed by atoms with E-state index in [0.717, 1.165) is 12.2 Å². The first-order valence-electron chi connectivity index (χ1n) is 5.74. The van der Waals surface area contributed by atoms with Crippen molar-refractivity contribution in [3.8, 4) is 0 Å². The Bertz CT molecular complexity index is 354. The van der Waals surface area contributed by atoms with Crippen LogP contribution in [0.15, 0.2) is 18.5 Å². The fraction of sp³-hybridized carbons (Fsp3) is 0.583. The van der Waals surface area contributed by atoms with Gasteiger partial charge in [0.2, 0.25) is 11.9 Å². The van der Waals surface area contributed by atoms with Gasteiger partial charge in [-0.25, -0.2) is 9.97 Å². The van der Waals surface area contributed by atoms with Gasteiger partial charge in [0.05, 0.1) is 0 Å². The van der Waals surface area contributed by atoms with Gasteiger partial charge in [0.1, 0.15) is 0 Å². The molecule has 1 N–H and O–H groups in total. The van der Waals surface area contributed by atoms with E-state index in [9.17, 15) is 4.79 Å². The van der Waals surface area contributed by atoms with Crippen LogP contribution in [0, 0.1) is 0 Å². The van der Waals surface area contributed by atoms with Crippen LogP contribution in [-0.4, -0.2) is 26.4 Å². The highest BCUT2D eigenvalue weighted by atomic mass is 32.2. The number of carbonyl (C=O) groups is 1. The molecule has 0 fully saturated rings. The van der Waals surface area contributed by atoms with E-state index in [-0.39, 0.29) is 10.7 Å². The SMILES string of the molecule is CCC(C)(C)SCCC(=O)Nc1ncccn1. The summed E-state index contributed by atoms with van der Waals surface area (Å²) in [6, 6.07) is 1.72. The average Bonchev–Trinajstić information content (AvgIpc) is 2.30. The molecule has 94 valence electrons. The summed E-state index contributed by atoms with van der Waals surface area (Å²) in [5, 5.41) is 2.67. The van der Waals surface area contributed by atoms with Gasteiger partial charge in [0.15, 0.2) is 0 Å². The first-order chi connectivity index (χ1) is 8.03. The number of nitrogens with zero attached hydrogens (tertiary/aromatic N) is 2. The normalized spacial score (nSPS) is 11.2. The van der Waals surface area contributed by atoms with E-state index in [2.05, 4.69) is 36.1 Å². The molecule has 0 spiro atoms. The number of aromatic nitrogens is 2. The van der Waals surface area contributed by atoms with E-state index < -0.39 is 0 Å². The second-order valence-corrected chi connectivity index (χ2v) is 6.13. The monoisotopic (exact) mass is 253 g/mol. The predicted octanol–water partition coefficient (Wildman–Crippen LogP) is 2.73. The maximum absolute atomic E-state index is 11.6. The molecular formula is C12H19N3OS. The minimum atomic E-state index is -0.0318. The van der Waals surface area contributed by atoms with E-state index in [1.165, 1.54) is 0 Å². The van der Waals surface area contributed by atoms with Gasteiger partial charge < -0.3 is 0 Å². The summed E-state index contributed by atoms with van der Waals surface area (Å²) in [6.45, 7) is 6.54. The number of rotatable bonds is 6. The third-order valence-corrected chi connectivity index (χ3v) is 3.97. The fourth-order valence-electron chi connectivity index (χ4n) is 1.07. The van der Waals surface area contributed by atoms with Crippen LogP contribution in [0.4, 0.5) is 5.95 Å². The van der Waals surface area contributed by atoms with Gasteiger partial charge in [-0.15, -0.1) is 0 Å². The molecule has 5 heteroatoms. The summed E-state index contributed by atoms with van der Waals surface area (Å²) in [6.07, 6.45) is 4.81. The molecule has 0 atom stereocenters. The van der Waals surface area contributed by atoms with Crippen molar-refractivity contribution in [3.05, 3.63) is 18.5 Å². The minimum Gasteiger partial charge on any atom is -0.295 e. The number of anilines is 1. The van der Waals surface area contributed by atoms with E-state index >= 15 is 0 Å². The Balaban J connectivity index is 2.27. The van der Waals surface area contributed by atoms with E-state index in [1.807, 2.05) is 11.8 Å². The van der Waals surface area contributed by atoms with Crippen molar-refractivity contribution >= 4 is 23.6 Å². The molecule has 1 aromatic rings. The summed E-state index contributed by atoms with van der Waals surface area (Å²) < 4.78 is 0.240. The second kappa shape index (κ2) is 6.59. The number of hydrogen-bond donors (Lipinski definition) is 1. The van der Waals surface area contributed by atoms with Gasteiger partial charge in [-0.3, -0.25) is 10.1 Å². The van der Waals surface area contributed by atoms with Gasteiger partial charge in [-0.2, -0.15) is 11.8 Å². The lowest BCUT2D eigenvalue weighted by Crippen LogP contribution is -2.17. The molecule has 0 saturated heterocycles. The summed E-state index contributed by atoms with van der Waals surface area (Å²) in [7, 11) is 0. The van der Waals surface area contributed by atoms with Crippen molar-refractivity contribution in [1.82, 2.24) is 9.97 Å². The first kappa shape index (κ1) is 14.0. The summed E-state index contributed by atoms with van der Waals surface area (Å²) >= 11 is 1.82. The lowest BCUT2D eigenvalue weighted by atomic mass is 10.1. The Morgan fingerprint density at radius 3 is 2.65 bits per heavy atom. The second-order valence-electron chi connectivity index (χ2n) is 4.33. The zero-order valence-electron chi connectivity index (χ0n) is 10.6. The highest BCUT2D eigenvalue weighted by Gasteiger charge is 2.15. The van der Waals surface area contributed by atoms with Gasteiger partial charge in [-0.1, -0.05) is 20.8 Å². The lowest BCUT2D eigenvalue weighted by molar-refractivity contribution is -0.115. The molecule has 0 unspecified atom stereocenters. The van der Waals surface area contributed by atoms with Crippen LogP contribution in [-0.2, 0) is 4.79 Å². The Labute approximate surface area is 107 Å². The molecule has 0 aliphatic heterocycles. The van der Waals surface area contributed by atoms with Crippen molar-refractivity contribution in [3.63, 3.8) is 0 Å². The van der Waals surface area contributed by atoms with Gasteiger partial charge >= 0.3 is 0 Å². The van der Waals surface area contributed by atoms with E-state index in [4.69, 9.17) is 0 Å². The molecular weight excluding hydrogens is 234 g/mol. The molecule has 0 aliphatic rings. The maximum atomic E-state index is 11.6. The fourth-order valence-corrected chi connectivity index (χ4v) is 2.12. The molecule has 17 heavy (non-hydrogen) atoms. The Morgan fingerprint density at radius 1 is 1.41 bits per heavy atom. The average molecular weight is 253 g/mol. The van der Waals surface area contributed by atoms with E-state index in [1.54, 1.807) is 18.5 Å². The first-order valence-corrected chi connectivity index (χ1v) is 6.73. The standard InChI is InChI=1S/C12H19N3OS/c1-4-12(2,3)17-9-6-10(16)15-11-13-7-5-8-14-11/h5,7-8H,4,6,9H2,1-3H3,(H,13,14,15,16). The van der Waals surface area contributed by atoms with Crippen LogP contribution in [0.1, 0.15) is 33.6 Å². The highest BCUT2D eigenvalue weighted by Crippen LogP contribution is 2.27. The quantitative estimate of drug-likeness (QED) is 0.847. The van der Waals surface area contributed by atoms with Crippen molar-refractivity contribution in [2.24, 2.45) is 0 Å². The maximum Gasteiger partial charge on any atom is 0.229 e. The van der Waals surface area contributed by atoms with Crippen LogP contribution in [0.5, 0.6) is 0 Å². The van der Waals surface area contributed by atoms with E-state index in [0.29, 0.717) is 12.4 Å². The molecule has 0 bridgehead atoms. The number of hydrogen-bond acceptors (Lipinski definition) is 4. The molecule has 1 rings (SSSR count). The molecule has 0 radical (unpaired) electrons. The molecule has 0 aromatic carbocycles. The van der Waals surface area contributed by atoms with Gasteiger partial charge in [0.25, 0.3) is 0 Å². The zero-order chi connectivity index (χ0) is 12.7. The Kier molecular flexibility index (Phi) is 5.41. The Hall–Kier alpha value is -1.10. The third kappa shape index (κ3) is 5.68. The molecule has 1 heterocycles. The van der Waals surface area contributed by atoms with Crippen molar-refractivity contribution in [2.75, 3.05) is 11.1 Å². The molecule has 1 amide bonds. The van der Waals surface area contributed by atoms with Gasteiger partial charge in [0, 0.05) is 29.3 Å². The lowest BCUT2D eigenvalue weighted by Gasteiger charge is -2.21. The van der Waals surface area contributed by atoms with Crippen LogP contribution in [0.2, 0.25) is 0 Å². The van der Waals surface area contributed by atoms with Crippen molar-refractivity contribution < 1.29 is 4.79 Å². The molecule has 4 nitrogen and oxygen atoms in total. The molecule has 0 aliphatic carbocycles. The zero-order valence-corrected chi connectivity index (χ0v) is 11.4. The van der Waals surface area contributed by atoms with Gasteiger partial charge in [-0.05, 0) is 12.5 Å². The van der Waals surface area contributed by atoms with Crippen LogP contribution >= 0.6 is 11.8 Å². The number of thioether (sulfide) groups is 1. The topological polar surface area (TPSA) is 54.9 Å². The number of carbonyl (C=O) groups excluding carboxylic acids is 1. The summed E-state index contributed by atoms with van der Waals surface area (Å²) in [5.74, 6) is 1.16. The van der Waals surface area contributed by atoms with Crippen LogP contribution in [0.25, 0.3) is 0 Å². The van der Waals surface area contributed by atoms with Crippen LogP contribution < -0.4 is 5.32 Å². The molecule has 0 saturated carbocycles. The minimum absolute atomic E-state index is 0.0318. The summed E-state index contributed by atoms with van der Waals surface area (Å²) in [5.41, 5.74) is 0. The molecule has 1 aromatic heterocycles. The van der Waals surface area contributed by atoms with Crippen LogP contribution in [0.3, 0.4) is 0 Å². The highest BCUT2D eigenvalue weighted by molar-refractivity contribution is 8.00. The predicted molar refractivity (Wildman–Crippen MR) is 72.1 cm³/mol. The summed E-state index contributed by atoms with van der Waals surface area (Å²) in [4.78, 5) is 19.5. The van der Waals surface area contributed by atoms with Crippen molar-refractivity contribution in [2.45, 2.75) is 38.4 Å². The van der Waals surface area contributed by atoms with Crippen molar-refractivity contribution in [1.29, 1.82) is 0 Å². The number of amides is 1.